The lowest BCUT2D eigenvalue weighted by Gasteiger charge is -2.33. The highest BCUT2D eigenvalue weighted by Crippen LogP contribution is 2.29. The number of amides is 2. The summed E-state index contributed by atoms with van der Waals surface area (Å²) in [6, 6.07) is 29.1. The second kappa shape index (κ2) is 14.9. The van der Waals surface area contributed by atoms with E-state index in [0.717, 1.165) is 21.0 Å². The van der Waals surface area contributed by atoms with E-state index in [-0.39, 0.29) is 23.4 Å². The summed E-state index contributed by atoms with van der Waals surface area (Å²) in [4.78, 5) is 29.1. The van der Waals surface area contributed by atoms with Gasteiger partial charge in [-0.15, -0.1) is 0 Å². The number of anilines is 1. The highest BCUT2D eigenvalue weighted by atomic mass is 32.2. The maximum absolute atomic E-state index is 14.2. The summed E-state index contributed by atoms with van der Waals surface area (Å²) in [5.41, 5.74) is 3.10. The first-order chi connectivity index (χ1) is 21.5. The number of nitrogens with one attached hydrogen (secondary N) is 1. The second-order valence-corrected chi connectivity index (χ2v) is 13.2. The van der Waals surface area contributed by atoms with Gasteiger partial charge in [-0.25, -0.2) is 8.42 Å². The number of hydrogen-bond donors (Lipinski definition) is 1. The molecule has 0 aliphatic carbocycles. The Bertz CT molecular complexity index is 1670. The van der Waals surface area contributed by atoms with E-state index >= 15 is 0 Å². The van der Waals surface area contributed by atoms with Gasteiger partial charge in [0.2, 0.25) is 11.8 Å². The predicted octanol–water partition coefficient (Wildman–Crippen LogP) is 6.62. The van der Waals surface area contributed by atoms with Gasteiger partial charge in [0.25, 0.3) is 10.0 Å². The summed E-state index contributed by atoms with van der Waals surface area (Å²) in [7, 11) is -4.18. The molecule has 0 radical (unpaired) electrons. The van der Waals surface area contributed by atoms with Crippen molar-refractivity contribution in [1.29, 1.82) is 0 Å². The normalized spacial score (nSPS) is 12.0. The molecule has 0 aliphatic heterocycles. The van der Waals surface area contributed by atoms with Gasteiger partial charge in [-0.2, -0.15) is 0 Å². The van der Waals surface area contributed by atoms with Crippen LogP contribution in [-0.2, 0) is 26.2 Å². The molecule has 0 heterocycles. The first-order valence-electron chi connectivity index (χ1n) is 15.1. The van der Waals surface area contributed by atoms with Crippen molar-refractivity contribution in [3.8, 4) is 11.5 Å². The van der Waals surface area contributed by atoms with E-state index in [1.807, 2.05) is 89.2 Å². The first-order valence-corrected chi connectivity index (χ1v) is 16.5. The van der Waals surface area contributed by atoms with Crippen molar-refractivity contribution in [2.24, 2.45) is 0 Å². The lowest BCUT2D eigenvalue weighted by Crippen LogP contribution is -2.53. The smallest absolute Gasteiger partial charge is 0.264 e. The Kier molecular flexibility index (Phi) is 11.0. The zero-order valence-corrected chi connectivity index (χ0v) is 27.3. The average Bonchev–Trinajstić information content (AvgIpc) is 3.01. The molecule has 0 spiro atoms. The van der Waals surface area contributed by atoms with Crippen LogP contribution in [0, 0.1) is 13.8 Å². The molecule has 0 aromatic heterocycles. The number of hydrogen-bond acceptors (Lipinski definition) is 5. The summed E-state index contributed by atoms with van der Waals surface area (Å²) in [6.45, 7) is 9.04. The predicted molar refractivity (Wildman–Crippen MR) is 178 cm³/mol. The van der Waals surface area contributed by atoms with Gasteiger partial charge in [0.15, 0.2) is 0 Å². The fraction of sp³-hybridized carbons (Fsp3) is 0.278. The van der Waals surface area contributed by atoms with Crippen LogP contribution in [0.4, 0.5) is 5.69 Å². The van der Waals surface area contributed by atoms with Crippen molar-refractivity contribution in [3.05, 3.63) is 120 Å². The Labute approximate surface area is 266 Å². The van der Waals surface area contributed by atoms with Crippen LogP contribution in [0.3, 0.4) is 0 Å². The Morgan fingerprint density at radius 3 is 1.89 bits per heavy atom. The van der Waals surface area contributed by atoms with Crippen molar-refractivity contribution in [3.63, 3.8) is 0 Å². The molecule has 8 nitrogen and oxygen atoms in total. The topological polar surface area (TPSA) is 96.0 Å². The van der Waals surface area contributed by atoms with E-state index in [0.29, 0.717) is 23.6 Å². The van der Waals surface area contributed by atoms with E-state index in [1.54, 1.807) is 36.4 Å². The van der Waals surface area contributed by atoms with Gasteiger partial charge in [-0.05, 0) is 88.2 Å². The van der Waals surface area contributed by atoms with E-state index < -0.39 is 28.5 Å². The summed E-state index contributed by atoms with van der Waals surface area (Å²) in [6.07, 6.45) is 0.354. The van der Waals surface area contributed by atoms with Gasteiger partial charge in [-0.3, -0.25) is 13.9 Å². The third-order valence-corrected chi connectivity index (χ3v) is 9.07. The molecule has 1 atom stereocenters. The molecule has 0 saturated heterocycles. The standard InChI is InChI=1S/C36H41N3O5S/c1-6-34(36(41)37-26(2)3)38(24-29-16-12-27(4)13-17-29)35(40)25-39(45(42,43)33-22-14-28(5)15-23-33)30-18-20-32(21-19-30)44-31-10-8-7-9-11-31/h7-23,26,34H,6,24-25H2,1-5H3,(H,37,41)/t34-/m1/s1. The number of sulfonamides is 1. The number of benzene rings is 4. The molecule has 0 aliphatic rings. The number of aryl methyl sites for hydroxylation is 2. The number of nitrogens with zero attached hydrogens (tertiary/aromatic N) is 2. The summed E-state index contributed by atoms with van der Waals surface area (Å²) < 4.78 is 35.3. The number of para-hydroxylation sites is 1. The largest absolute Gasteiger partial charge is 0.457 e. The SMILES string of the molecule is CC[C@H](C(=O)NC(C)C)N(Cc1ccc(C)cc1)C(=O)CN(c1ccc(Oc2ccccc2)cc1)S(=O)(=O)c1ccc(C)cc1. The monoisotopic (exact) mass is 627 g/mol. The maximum Gasteiger partial charge on any atom is 0.264 e. The van der Waals surface area contributed by atoms with Crippen molar-refractivity contribution >= 4 is 27.5 Å². The van der Waals surface area contributed by atoms with Crippen LogP contribution in [0.2, 0.25) is 0 Å². The Hall–Kier alpha value is -4.63. The molecule has 1 N–H and O–H groups in total. The van der Waals surface area contributed by atoms with Crippen molar-refractivity contribution in [1.82, 2.24) is 10.2 Å². The van der Waals surface area contributed by atoms with Gasteiger partial charge >= 0.3 is 0 Å². The summed E-state index contributed by atoms with van der Waals surface area (Å²) in [5, 5.41) is 2.92. The molecule has 45 heavy (non-hydrogen) atoms. The van der Waals surface area contributed by atoms with Gasteiger partial charge in [0.05, 0.1) is 10.6 Å². The summed E-state index contributed by atoms with van der Waals surface area (Å²) >= 11 is 0. The fourth-order valence-electron chi connectivity index (χ4n) is 4.86. The Balaban J connectivity index is 1.72. The molecule has 0 unspecified atom stereocenters. The van der Waals surface area contributed by atoms with E-state index in [2.05, 4.69) is 5.32 Å². The minimum Gasteiger partial charge on any atom is -0.457 e. The van der Waals surface area contributed by atoms with E-state index in [9.17, 15) is 18.0 Å². The summed E-state index contributed by atoms with van der Waals surface area (Å²) in [5.74, 6) is 0.368. The van der Waals surface area contributed by atoms with E-state index in [1.165, 1.54) is 17.0 Å². The molecule has 236 valence electrons. The van der Waals surface area contributed by atoms with Crippen LogP contribution in [0.25, 0.3) is 0 Å². The molecule has 4 aromatic carbocycles. The molecular formula is C36H41N3O5S. The van der Waals surface area contributed by atoms with Crippen LogP contribution in [0.1, 0.15) is 43.9 Å². The van der Waals surface area contributed by atoms with Crippen molar-refractivity contribution < 1.29 is 22.7 Å². The maximum atomic E-state index is 14.2. The van der Waals surface area contributed by atoms with Gasteiger partial charge in [-0.1, -0.05) is 72.6 Å². The van der Waals surface area contributed by atoms with Crippen LogP contribution >= 0.6 is 0 Å². The van der Waals surface area contributed by atoms with Crippen LogP contribution in [-0.4, -0.2) is 43.8 Å². The Morgan fingerprint density at radius 2 is 1.33 bits per heavy atom. The highest BCUT2D eigenvalue weighted by molar-refractivity contribution is 7.92. The van der Waals surface area contributed by atoms with Crippen LogP contribution in [0.5, 0.6) is 11.5 Å². The number of ether oxygens (including phenoxy) is 1. The third kappa shape index (κ3) is 8.73. The first kappa shape index (κ1) is 33.3. The third-order valence-electron chi connectivity index (χ3n) is 7.28. The minimum atomic E-state index is -4.18. The Morgan fingerprint density at radius 1 is 0.778 bits per heavy atom. The zero-order valence-electron chi connectivity index (χ0n) is 26.4. The molecule has 4 rings (SSSR count). The molecule has 0 bridgehead atoms. The quantitative estimate of drug-likeness (QED) is 0.180. The van der Waals surface area contributed by atoms with Gasteiger partial charge < -0.3 is 15.0 Å². The van der Waals surface area contributed by atoms with Crippen LogP contribution < -0.4 is 14.4 Å². The lowest BCUT2D eigenvalue weighted by molar-refractivity contribution is -0.140. The molecule has 0 fully saturated rings. The zero-order chi connectivity index (χ0) is 32.6. The van der Waals surface area contributed by atoms with Crippen molar-refractivity contribution in [2.75, 3.05) is 10.8 Å². The number of carbonyl (C=O) groups is 2. The number of rotatable bonds is 13. The molecule has 4 aromatic rings. The lowest BCUT2D eigenvalue weighted by atomic mass is 10.1. The molecular weight excluding hydrogens is 586 g/mol. The second-order valence-electron chi connectivity index (χ2n) is 11.3. The van der Waals surface area contributed by atoms with Crippen molar-refractivity contribution in [2.45, 2.75) is 64.6 Å². The fourth-order valence-corrected chi connectivity index (χ4v) is 6.28. The number of carbonyl (C=O) groups excluding carboxylic acids is 2. The molecule has 0 saturated carbocycles. The van der Waals surface area contributed by atoms with E-state index in [4.69, 9.17) is 4.74 Å². The van der Waals surface area contributed by atoms with Gasteiger partial charge in [0.1, 0.15) is 24.1 Å². The van der Waals surface area contributed by atoms with Gasteiger partial charge in [0, 0.05) is 12.6 Å². The average molecular weight is 628 g/mol. The highest BCUT2D eigenvalue weighted by Gasteiger charge is 2.34. The molecule has 2 amide bonds. The molecule has 9 heteroatoms. The minimum absolute atomic E-state index is 0.0557. The van der Waals surface area contributed by atoms with Crippen LogP contribution in [0.15, 0.2) is 108 Å².